The van der Waals surface area contributed by atoms with E-state index in [1.165, 1.54) is 0 Å². The molecule has 0 radical (unpaired) electrons. The SMILES string of the molecule is CCC(C)(C)NCC(O)c1ccc2c(c1)OCCO2. The molecule has 0 saturated carbocycles. The van der Waals surface area contributed by atoms with Gasteiger partial charge in [0.2, 0.25) is 0 Å². The van der Waals surface area contributed by atoms with E-state index in [-0.39, 0.29) is 5.54 Å². The smallest absolute Gasteiger partial charge is 0.161 e. The highest BCUT2D eigenvalue weighted by molar-refractivity contribution is 5.44. The predicted molar refractivity (Wildman–Crippen MR) is 74.8 cm³/mol. The van der Waals surface area contributed by atoms with Crippen LogP contribution in [0.1, 0.15) is 38.9 Å². The Kier molecular flexibility index (Phi) is 4.32. The fourth-order valence-electron chi connectivity index (χ4n) is 1.88. The van der Waals surface area contributed by atoms with Crippen LogP contribution in [-0.4, -0.2) is 30.4 Å². The molecule has 0 spiro atoms. The Labute approximate surface area is 114 Å². The summed E-state index contributed by atoms with van der Waals surface area (Å²) < 4.78 is 11.0. The van der Waals surface area contributed by atoms with E-state index in [4.69, 9.17) is 9.47 Å². The summed E-state index contributed by atoms with van der Waals surface area (Å²) in [7, 11) is 0. The molecule has 0 bridgehead atoms. The summed E-state index contributed by atoms with van der Waals surface area (Å²) in [6.45, 7) is 8.06. The second kappa shape index (κ2) is 5.80. The monoisotopic (exact) mass is 265 g/mol. The third kappa shape index (κ3) is 3.61. The summed E-state index contributed by atoms with van der Waals surface area (Å²) in [4.78, 5) is 0. The minimum atomic E-state index is -0.540. The highest BCUT2D eigenvalue weighted by Gasteiger charge is 2.19. The third-order valence-electron chi connectivity index (χ3n) is 3.61. The van der Waals surface area contributed by atoms with Crippen molar-refractivity contribution >= 4 is 0 Å². The Hall–Kier alpha value is -1.26. The molecule has 106 valence electrons. The van der Waals surface area contributed by atoms with E-state index >= 15 is 0 Å². The quantitative estimate of drug-likeness (QED) is 0.857. The normalized spacial score (nSPS) is 16.2. The largest absolute Gasteiger partial charge is 0.486 e. The van der Waals surface area contributed by atoms with E-state index in [0.717, 1.165) is 23.5 Å². The topological polar surface area (TPSA) is 50.7 Å². The number of β-amino-alcohol motifs (C(OH)–C–C–N with tert-alkyl or cyclic N) is 1. The van der Waals surface area contributed by atoms with E-state index in [9.17, 15) is 5.11 Å². The van der Waals surface area contributed by atoms with Gasteiger partial charge in [-0.05, 0) is 38.0 Å². The number of benzene rings is 1. The maximum atomic E-state index is 10.2. The molecule has 0 saturated heterocycles. The Morgan fingerprint density at radius 2 is 1.95 bits per heavy atom. The van der Waals surface area contributed by atoms with Gasteiger partial charge in [-0.1, -0.05) is 13.0 Å². The van der Waals surface area contributed by atoms with Gasteiger partial charge in [0.15, 0.2) is 11.5 Å². The summed E-state index contributed by atoms with van der Waals surface area (Å²) >= 11 is 0. The summed E-state index contributed by atoms with van der Waals surface area (Å²) in [5.74, 6) is 1.47. The van der Waals surface area contributed by atoms with Crippen molar-refractivity contribution < 1.29 is 14.6 Å². The van der Waals surface area contributed by atoms with Crippen LogP contribution < -0.4 is 14.8 Å². The maximum Gasteiger partial charge on any atom is 0.161 e. The molecule has 1 unspecified atom stereocenters. The van der Waals surface area contributed by atoms with Crippen LogP contribution in [0.2, 0.25) is 0 Å². The van der Waals surface area contributed by atoms with Gasteiger partial charge in [0.25, 0.3) is 0 Å². The molecule has 0 aromatic heterocycles. The molecule has 19 heavy (non-hydrogen) atoms. The van der Waals surface area contributed by atoms with Crippen LogP contribution in [0.25, 0.3) is 0 Å². The van der Waals surface area contributed by atoms with Crippen molar-refractivity contribution in [2.45, 2.75) is 38.8 Å². The number of rotatable bonds is 5. The van der Waals surface area contributed by atoms with E-state index in [2.05, 4.69) is 26.1 Å². The fraction of sp³-hybridized carbons (Fsp3) is 0.600. The van der Waals surface area contributed by atoms with Crippen molar-refractivity contribution in [2.75, 3.05) is 19.8 Å². The summed E-state index contributed by atoms with van der Waals surface area (Å²) in [5.41, 5.74) is 0.887. The standard InChI is InChI=1S/C15H23NO3/c1-4-15(2,3)16-10-12(17)11-5-6-13-14(9-11)19-8-7-18-13/h5-6,9,12,16-17H,4,7-8,10H2,1-3H3. The Balaban J connectivity index is 2.01. The molecule has 1 atom stereocenters. The molecule has 1 aromatic rings. The highest BCUT2D eigenvalue weighted by Crippen LogP contribution is 2.32. The number of fused-ring (bicyclic) bond motifs is 1. The average molecular weight is 265 g/mol. The van der Waals surface area contributed by atoms with Gasteiger partial charge in [-0.25, -0.2) is 0 Å². The van der Waals surface area contributed by atoms with Crippen LogP contribution in [0.15, 0.2) is 18.2 Å². The summed E-state index contributed by atoms with van der Waals surface area (Å²) in [6, 6.07) is 5.61. The second-order valence-corrected chi connectivity index (χ2v) is 5.54. The highest BCUT2D eigenvalue weighted by atomic mass is 16.6. The van der Waals surface area contributed by atoms with E-state index in [0.29, 0.717) is 19.8 Å². The number of hydrogen-bond donors (Lipinski definition) is 2. The first kappa shape index (κ1) is 14.2. The molecule has 2 rings (SSSR count). The van der Waals surface area contributed by atoms with Gasteiger partial charge in [-0.3, -0.25) is 0 Å². The van der Waals surface area contributed by atoms with Crippen LogP contribution in [0.5, 0.6) is 11.5 Å². The molecule has 2 N–H and O–H groups in total. The van der Waals surface area contributed by atoms with Gasteiger partial charge in [0.1, 0.15) is 13.2 Å². The molecule has 4 heteroatoms. The summed E-state index contributed by atoms with van der Waals surface area (Å²) in [5, 5.41) is 13.6. The lowest BCUT2D eigenvalue weighted by atomic mass is 10.0. The maximum absolute atomic E-state index is 10.2. The fourth-order valence-corrected chi connectivity index (χ4v) is 1.88. The third-order valence-corrected chi connectivity index (χ3v) is 3.61. The predicted octanol–water partition coefficient (Wildman–Crippen LogP) is 2.27. The molecule has 0 fully saturated rings. The molecular weight excluding hydrogens is 242 g/mol. The Bertz CT molecular complexity index is 431. The zero-order valence-corrected chi connectivity index (χ0v) is 11.9. The van der Waals surface area contributed by atoms with Crippen molar-refractivity contribution in [3.05, 3.63) is 23.8 Å². The Morgan fingerprint density at radius 1 is 1.26 bits per heavy atom. The van der Waals surface area contributed by atoms with Crippen molar-refractivity contribution in [2.24, 2.45) is 0 Å². The molecule has 1 heterocycles. The average Bonchev–Trinajstić information content (AvgIpc) is 2.44. The van der Waals surface area contributed by atoms with Crippen LogP contribution >= 0.6 is 0 Å². The molecule has 4 nitrogen and oxygen atoms in total. The molecule has 1 aliphatic heterocycles. The van der Waals surface area contributed by atoms with Gasteiger partial charge in [0, 0.05) is 12.1 Å². The zero-order valence-electron chi connectivity index (χ0n) is 11.9. The van der Waals surface area contributed by atoms with Gasteiger partial charge in [0.05, 0.1) is 6.10 Å². The molecule has 0 aliphatic carbocycles. The van der Waals surface area contributed by atoms with Crippen LogP contribution in [-0.2, 0) is 0 Å². The second-order valence-electron chi connectivity index (χ2n) is 5.54. The number of hydrogen-bond acceptors (Lipinski definition) is 4. The van der Waals surface area contributed by atoms with E-state index in [1.54, 1.807) is 0 Å². The lowest BCUT2D eigenvalue weighted by Gasteiger charge is -2.27. The minimum Gasteiger partial charge on any atom is -0.486 e. The lowest BCUT2D eigenvalue weighted by Crippen LogP contribution is -2.40. The number of aliphatic hydroxyl groups is 1. The van der Waals surface area contributed by atoms with Crippen LogP contribution in [0, 0.1) is 0 Å². The number of aliphatic hydroxyl groups excluding tert-OH is 1. The molecule has 1 aromatic carbocycles. The van der Waals surface area contributed by atoms with Crippen molar-refractivity contribution in [1.29, 1.82) is 0 Å². The van der Waals surface area contributed by atoms with Crippen molar-refractivity contribution in [3.63, 3.8) is 0 Å². The van der Waals surface area contributed by atoms with Gasteiger partial charge in [-0.15, -0.1) is 0 Å². The first-order chi connectivity index (χ1) is 9.02. The van der Waals surface area contributed by atoms with E-state index < -0.39 is 6.10 Å². The molecule has 1 aliphatic rings. The first-order valence-electron chi connectivity index (χ1n) is 6.84. The minimum absolute atomic E-state index is 0.0365. The van der Waals surface area contributed by atoms with Crippen LogP contribution in [0.3, 0.4) is 0 Å². The van der Waals surface area contributed by atoms with Crippen LogP contribution in [0.4, 0.5) is 0 Å². The zero-order chi connectivity index (χ0) is 13.9. The van der Waals surface area contributed by atoms with Gasteiger partial charge < -0.3 is 19.9 Å². The van der Waals surface area contributed by atoms with Gasteiger partial charge >= 0.3 is 0 Å². The first-order valence-corrected chi connectivity index (χ1v) is 6.84. The molecular formula is C15H23NO3. The van der Waals surface area contributed by atoms with Gasteiger partial charge in [-0.2, -0.15) is 0 Å². The lowest BCUT2D eigenvalue weighted by molar-refractivity contribution is 0.155. The number of ether oxygens (including phenoxy) is 2. The number of nitrogens with one attached hydrogen (secondary N) is 1. The van der Waals surface area contributed by atoms with Crippen molar-refractivity contribution in [1.82, 2.24) is 5.32 Å². The van der Waals surface area contributed by atoms with E-state index in [1.807, 2.05) is 18.2 Å². The summed E-state index contributed by atoms with van der Waals surface area (Å²) in [6.07, 6.45) is 0.475. The van der Waals surface area contributed by atoms with Crippen molar-refractivity contribution in [3.8, 4) is 11.5 Å². The molecule has 0 amide bonds. The Morgan fingerprint density at radius 3 is 2.63 bits per heavy atom.